The number of fused-ring (bicyclic) bond motifs is 3. The molecule has 2 heterocycles. The van der Waals surface area contributed by atoms with Crippen molar-refractivity contribution in [2.45, 2.75) is 77.5 Å². The van der Waals surface area contributed by atoms with Gasteiger partial charge in [-0.2, -0.15) is 14.5 Å². The fourth-order valence-corrected chi connectivity index (χ4v) is 7.51. The van der Waals surface area contributed by atoms with Crippen molar-refractivity contribution in [2.24, 2.45) is 11.3 Å². The highest BCUT2D eigenvalue weighted by Crippen LogP contribution is 2.40. The van der Waals surface area contributed by atoms with Crippen molar-refractivity contribution in [2.75, 3.05) is 27.4 Å². The van der Waals surface area contributed by atoms with Gasteiger partial charge in [0.05, 0.1) is 38.0 Å². The minimum absolute atomic E-state index is 0.0249. The number of nitrogens with one attached hydrogen (secondary N) is 1. The molecule has 1 saturated carbocycles. The highest BCUT2D eigenvalue weighted by atomic mass is 16.6. The van der Waals surface area contributed by atoms with Crippen LogP contribution in [0.3, 0.4) is 0 Å². The Hall–Kier alpha value is -4.95. The summed E-state index contributed by atoms with van der Waals surface area (Å²) in [6, 6.07) is 9.72. The average Bonchev–Trinajstić information content (AvgIpc) is 3.76. The number of rotatable bonds is 11. The van der Waals surface area contributed by atoms with E-state index in [-0.39, 0.29) is 24.5 Å². The number of ether oxygens (including phenoxy) is 4. The lowest BCUT2D eigenvalue weighted by atomic mass is 9.91. The van der Waals surface area contributed by atoms with Crippen LogP contribution in [0.5, 0.6) is 11.6 Å². The zero-order chi connectivity index (χ0) is 36.2. The van der Waals surface area contributed by atoms with E-state index < -0.39 is 40.8 Å². The molecule has 11 nitrogen and oxygen atoms in total. The molecule has 1 unspecified atom stereocenters. The van der Waals surface area contributed by atoms with Gasteiger partial charge in [0.2, 0.25) is 5.88 Å². The van der Waals surface area contributed by atoms with E-state index >= 15 is 0 Å². The van der Waals surface area contributed by atoms with Gasteiger partial charge in [0.1, 0.15) is 18.3 Å². The van der Waals surface area contributed by atoms with Gasteiger partial charge in [-0.1, -0.05) is 51.5 Å². The molecule has 1 aliphatic heterocycles. The maximum absolute atomic E-state index is 14.8. The van der Waals surface area contributed by atoms with Crippen LogP contribution >= 0.6 is 0 Å². The minimum Gasteiger partial charge on any atom is -0.496 e. The van der Waals surface area contributed by atoms with E-state index in [2.05, 4.69) is 24.5 Å². The molecule has 2 aromatic carbocycles. The molecular formula is C39H47N4O7+. The molecule has 5 rings (SSSR count). The molecule has 2 aliphatic rings. The van der Waals surface area contributed by atoms with Gasteiger partial charge in [-0.25, -0.2) is 14.6 Å². The molecule has 3 amide bonds. The first-order chi connectivity index (χ1) is 23.9. The number of benzene rings is 2. The van der Waals surface area contributed by atoms with Gasteiger partial charge < -0.3 is 24.3 Å². The van der Waals surface area contributed by atoms with Crippen LogP contribution in [0.4, 0.5) is 9.59 Å². The molecule has 11 heteroatoms. The lowest BCUT2D eigenvalue weighted by molar-refractivity contribution is -0.794. The number of nitrogens with zero attached hydrogens (tertiary/aromatic N) is 3. The number of nitriles is 1. The maximum Gasteiger partial charge on any atom is 0.523 e. The molecular weight excluding hydrogens is 636 g/mol. The molecule has 1 N–H and O–H groups in total. The van der Waals surface area contributed by atoms with Crippen LogP contribution in [0.25, 0.3) is 27.8 Å². The van der Waals surface area contributed by atoms with Crippen LogP contribution in [0, 0.1) is 22.7 Å². The van der Waals surface area contributed by atoms with Gasteiger partial charge >= 0.3 is 18.1 Å². The molecule has 1 aliphatic carbocycles. The zero-order valence-corrected chi connectivity index (χ0v) is 29.6. The summed E-state index contributed by atoms with van der Waals surface area (Å²) < 4.78 is 22.5. The van der Waals surface area contributed by atoms with Crippen LogP contribution in [-0.2, 0) is 14.3 Å². The van der Waals surface area contributed by atoms with E-state index in [1.165, 1.54) is 7.11 Å². The van der Waals surface area contributed by atoms with Crippen LogP contribution in [0.1, 0.15) is 70.4 Å². The van der Waals surface area contributed by atoms with Crippen LogP contribution < -0.4 is 14.8 Å². The molecule has 0 radical (unpaired) electrons. The smallest absolute Gasteiger partial charge is 0.496 e. The first kappa shape index (κ1) is 36.3. The predicted molar refractivity (Wildman–Crippen MR) is 190 cm³/mol. The Morgan fingerprint density at radius 3 is 2.50 bits per heavy atom. The third-order valence-corrected chi connectivity index (χ3v) is 10.2. The van der Waals surface area contributed by atoms with Gasteiger partial charge in [-0.05, 0) is 56.4 Å². The molecule has 0 spiro atoms. The highest BCUT2D eigenvalue weighted by Gasteiger charge is 2.61. The van der Waals surface area contributed by atoms with Gasteiger partial charge in [0.25, 0.3) is 0 Å². The quantitative estimate of drug-likeness (QED) is 0.124. The van der Waals surface area contributed by atoms with Crippen molar-refractivity contribution in [3.63, 3.8) is 0 Å². The lowest BCUT2D eigenvalue weighted by Gasteiger charge is -2.35. The molecule has 2 fully saturated rings. The first-order valence-corrected chi connectivity index (χ1v) is 17.1. The number of hydrogen-bond acceptors (Lipinski definition) is 9. The van der Waals surface area contributed by atoms with Gasteiger partial charge in [-0.15, -0.1) is 6.58 Å². The Kier molecular flexibility index (Phi) is 10.8. The lowest BCUT2D eigenvalue weighted by Crippen LogP contribution is -2.66. The van der Waals surface area contributed by atoms with Crippen LogP contribution in [-0.4, -0.2) is 73.1 Å². The summed E-state index contributed by atoms with van der Waals surface area (Å²) >= 11 is 0. The molecule has 3 aromatic rings. The topological polar surface area (TPSA) is 137 Å². The van der Waals surface area contributed by atoms with Gasteiger partial charge in [-0.3, -0.25) is 0 Å². The van der Waals surface area contributed by atoms with Crippen molar-refractivity contribution in [1.29, 1.82) is 5.26 Å². The van der Waals surface area contributed by atoms with Gasteiger partial charge in [0, 0.05) is 33.6 Å². The summed E-state index contributed by atoms with van der Waals surface area (Å²) in [7, 11) is 2.85. The fourth-order valence-electron chi connectivity index (χ4n) is 7.51. The highest BCUT2D eigenvalue weighted by molar-refractivity contribution is 6.09. The van der Waals surface area contributed by atoms with Crippen LogP contribution in [0.2, 0.25) is 0 Å². The van der Waals surface area contributed by atoms with E-state index in [1.54, 1.807) is 31.4 Å². The Morgan fingerprint density at radius 1 is 1.12 bits per heavy atom. The summed E-state index contributed by atoms with van der Waals surface area (Å²) in [6.07, 6.45) is 5.72. The Labute approximate surface area is 293 Å². The first-order valence-electron chi connectivity index (χ1n) is 17.1. The van der Waals surface area contributed by atoms with Crippen molar-refractivity contribution < 1.29 is 37.8 Å². The molecule has 4 atom stereocenters. The second-order valence-corrected chi connectivity index (χ2v) is 14.2. The van der Waals surface area contributed by atoms with Crippen LogP contribution in [0.15, 0.2) is 49.6 Å². The Morgan fingerprint density at radius 2 is 1.86 bits per heavy atom. The number of alkyl carbamates (subject to hydrolysis) is 1. The van der Waals surface area contributed by atoms with Crippen molar-refractivity contribution in [3.8, 4) is 17.7 Å². The second-order valence-electron chi connectivity index (χ2n) is 14.2. The summed E-state index contributed by atoms with van der Waals surface area (Å²) in [5.74, 6) is 0.304. The Balaban J connectivity index is 1.51. The molecule has 264 valence electrons. The third kappa shape index (κ3) is 7.03. The van der Waals surface area contributed by atoms with Crippen molar-refractivity contribution >= 4 is 45.8 Å². The third-order valence-electron chi connectivity index (χ3n) is 10.2. The largest absolute Gasteiger partial charge is 0.523 e. The summed E-state index contributed by atoms with van der Waals surface area (Å²) in [6.45, 7) is 13.6. The number of methoxy groups -OCH3 is 2. The maximum atomic E-state index is 14.8. The number of amides is 3. The summed E-state index contributed by atoms with van der Waals surface area (Å²) in [5.41, 5.74) is 1.41. The fraction of sp³-hybridized carbons (Fsp3) is 0.462. The summed E-state index contributed by atoms with van der Waals surface area (Å²) in [4.78, 5) is 46.6. The van der Waals surface area contributed by atoms with E-state index in [0.717, 1.165) is 42.0 Å². The van der Waals surface area contributed by atoms with Crippen molar-refractivity contribution in [1.82, 2.24) is 10.3 Å². The standard InChI is InChI=1S/C39H46N4O7/c1-8-16-39(4,5)23-49-37(45)42-34(27-12-10-11-13-27)36(44)43(38(46)48-7)22-28(17-24(43)3)50-35-31-19-26(9-2)33(47-6)20-30(31)29-15-14-25(21-40)18-32(29)41-35/h8-9,14-15,18-20,24,27-28,34H,1-2,10-13,16-17,22-23H2,3-7H3/p+1/t24-,28-,34+,43?/m1/s1. The Bertz CT molecular complexity index is 1860. The predicted octanol–water partition coefficient (Wildman–Crippen LogP) is 7.45. The van der Waals surface area contributed by atoms with Gasteiger partial charge in [0.15, 0.2) is 12.1 Å². The van der Waals surface area contributed by atoms with E-state index in [1.807, 2.05) is 39.0 Å². The van der Waals surface area contributed by atoms with E-state index in [4.69, 9.17) is 23.9 Å². The normalized spacial score (nSPS) is 21.3. The second kappa shape index (κ2) is 14.9. The number of pyridine rings is 1. The number of imide groups is 1. The summed E-state index contributed by atoms with van der Waals surface area (Å²) in [5, 5.41) is 14.7. The number of aromatic nitrogens is 1. The molecule has 0 bridgehead atoms. The monoisotopic (exact) mass is 683 g/mol. The number of hydrogen-bond donors (Lipinski definition) is 1. The zero-order valence-electron chi connectivity index (χ0n) is 29.6. The SMILES string of the molecule is C=CCC(C)(C)COC(=O)N[C@H](C(=O)[N+]1(C(=O)OC)C[C@H](Oc2nc3cc(C#N)ccc3c3cc(OC)c(C=C)cc23)C[C@H]1C)C1CCCC1. The number of carbonyl (C=O) groups is 3. The van der Waals surface area contributed by atoms with E-state index in [0.29, 0.717) is 40.9 Å². The van der Waals surface area contributed by atoms with E-state index in [9.17, 15) is 19.6 Å². The number of likely N-dealkylation sites (tertiary alicyclic amines) is 1. The minimum atomic E-state index is -0.959. The molecule has 50 heavy (non-hydrogen) atoms. The molecule has 1 saturated heterocycles. The number of carbonyl (C=O) groups excluding carboxylic acids is 3. The number of quaternary nitrogens is 1. The molecule has 1 aromatic heterocycles. The number of allylic oxidation sites excluding steroid dienone is 1. The van der Waals surface area contributed by atoms with Crippen molar-refractivity contribution in [3.05, 3.63) is 60.7 Å². The average molecular weight is 684 g/mol.